The molecule has 2 aromatic rings. The summed E-state index contributed by atoms with van der Waals surface area (Å²) in [6.07, 6.45) is -4.54. The Kier molecular flexibility index (Phi) is 5.61. The van der Waals surface area contributed by atoms with Crippen molar-refractivity contribution in [3.05, 3.63) is 59.4 Å². The highest BCUT2D eigenvalue weighted by Gasteiger charge is 2.33. The van der Waals surface area contributed by atoms with Crippen LogP contribution in [0, 0.1) is 5.82 Å². The number of nitrogens with one attached hydrogen (secondary N) is 2. The number of nitrogen functional groups attached to an aromatic ring is 1. The van der Waals surface area contributed by atoms with E-state index in [0.29, 0.717) is 17.4 Å². The van der Waals surface area contributed by atoms with Crippen molar-refractivity contribution in [2.24, 2.45) is 0 Å². The summed E-state index contributed by atoms with van der Waals surface area (Å²) in [5.74, 6) is -0.917. The Hall–Kier alpha value is -2.35. The van der Waals surface area contributed by atoms with Gasteiger partial charge in [-0.05, 0) is 60.6 Å². The zero-order valence-corrected chi connectivity index (χ0v) is 13.3. The number of anilines is 2. The summed E-state index contributed by atoms with van der Waals surface area (Å²) >= 11 is 5.08. The normalized spacial score (nSPS) is 11.2. The third-order valence-corrected chi connectivity index (χ3v) is 3.47. The molecule has 0 radical (unpaired) electrons. The standard InChI is InChI=1S/C16H15F4N3S/c17-11-2-1-10(14(9-11)16(18,19)20)7-8-22-15(24)23-13-5-3-12(21)4-6-13/h1-6,9H,7-8,21H2,(H2,22,23,24). The monoisotopic (exact) mass is 357 g/mol. The molecule has 0 aliphatic heterocycles. The van der Waals surface area contributed by atoms with Crippen LogP contribution in [0.4, 0.5) is 28.9 Å². The Balaban J connectivity index is 1.92. The first-order chi connectivity index (χ1) is 11.3. The van der Waals surface area contributed by atoms with E-state index in [1.54, 1.807) is 24.3 Å². The van der Waals surface area contributed by atoms with Gasteiger partial charge in [-0.2, -0.15) is 13.2 Å². The Morgan fingerprint density at radius 2 is 1.75 bits per heavy atom. The van der Waals surface area contributed by atoms with E-state index in [4.69, 9.17) is 18.0 Å². The second kappa shape index (κ2) is 7.48. The molecule has 2 aromatic carbocycles. The third kappa shape index (κ3) is 5.09. The minimum atomic E-state index is -4.60. The van der Waals surface area contributed by atoms with E-state index < -0.39 is 17.6 Å². The van der Waals surface area contributed by atoms with E-state index in [9.17, 15) is 17.6 Å². The van der Waals surface area contributed by atoms with Crippen LogP contribution in [0.15, 0.2) is 42.5 Å². The third-order valence-electron chi connectivity index (χ3n) is 3.23. The van der Waals surface area contributed by atoms with E-state index in [1.165, 1.54) is 0 Å². The highest BCUT2D eigenvalue weighted by Crippen LogP contribution is 2.32. The molecule has 4 N–H and O–H groups in total. The first-order valence-electron chi connectivity index (χ1n) is 7.02. The lowest BCUT2D eigenvalue weighted by atomic mass is 10.0. The summed E-state index contributed by atoms with van der Waals surface area (Å²) in [4.78, 5) is 0. The van der Waals surface area contributed by atoms with Gasteiger partial charge in [0, 0.05) is 17.9 Å². The molecular formula is C16H15F4N3S. The molecule has 0 saturated carbocycles. The Bertz CT molecular complexity index is 714. The van der Waals surface area contributed by atoms with Crippen LogP contribution in [0.2, 0.25) is 0 Å². The molecule has 0 fully saturated rings. The van der Waals surface area contributed by atoms with Crippen molar-refractivity contribution in [2.75, 3.05) is 17.6 Å². The lowest BCUT2D eigenvalue weighted by Crippen LogP contribution is -2.30. The molecule has 0 aromatic heterocycles. The van der Waals surface area contributed by atoms with Crippen LogP contribution in [0.5, 0.6) is 0 Å². The molecule has 128 valence electrons. The van der Waals surface area contributed by atoms with Crippen molar-refractivity contribution in [2.45, 2.75) is 12.6 Å². The van der Waals surface area contributed by atoms with Gasteiger partial charge in [0.1, 0.15) is 5.82 Å². The summed E-state index contributed by atoms with van der Waals surface area (Å²) < 4.78 is 51.7. The summed E-state index contributed by atoms with van der Waals surface area (Å²) in [7, 11) is 0. The van der Waals surface area contributed by atoms with Crippen LogP contribution in [0.1, 0.15) is 11.1 Å². The van der Waals surface area contributed by atoms with E-state index >= 15 is 0 Å². The highest BCUT2D eigenvalue weighted by molar-refractivity contribution is 7.80. The molecule has 0 saturated heterocycles. The van der Waals surface area contributed by atoms with Crippen LogP contribution < -0.4 is 16.4 Å². The van der Waals surface area contributed by atoms with Gasteiger partial charge in [0.15, 0.2) is 5.11 Å². The van der Waals surface area contributed by atoms with Crippen molar-refractivity contribution in [1.29, 1.82) is 0 Å². The van der Waals surface area contributed by atoms with Crippen LogP contribution in [-0.2, 0) is 12.6 Å². The summed E-state index contributed by atoms with van der Waals surface area (Å²) in [6.45, 7) is 0.176. The molecule has 0 aliphatic carbocycles. The maximum absolute atomic E-state index is 13.0. The maximum Gasteiger partial charge on any atom is 0.416 e. The van der Waals surface area contributed by atoms with E-state index in [1.807, 2.05) is 0 Å². The van der Waals surface area contributed by atoms with Gasteiger partial charge in [-0.25, -0.2) is 4.39 Å². The molecule has 3 nitrogen and oxygen atoms in total. The fourth-order valence-electron chi connectivity index (χ4n) is 2.08. The van der Waals surface area contributed by atoms with Gasteiger partial charge in [0.25, 0.3) is 0 Å². The molecule has 0 bridgehead atoms. The van der Waals surface area contributed by atoms with Gasteiger partial charge in [-0.1, -0.05) is 6.07 Å². The second-order valence-corrected chi connectivity index (χ2v) is 5.46. The molecule has 0 aliphatic rings. The van der Waals surface area contributed by atoms with Crippen LogP contribution in [-0.4, -0.2) is 11.7 Å². The first-order valence-corrected chi connectivity index (χ1v) is 7.42. The lowest BCUT2D eigenvalue weighted by molar-refractivity contribution is -0.138. The van der Waals surface area contributed by atoms with Crippen LogP contribution in [0.3, 0.4) is 0 Å². The van der Waals surface area contributed by atoms with Gasteiger partial charge in [0.05, 0.1) is 5.56 Å². The van der Waals surface area contributed by atoms with Crippen molar-refractivity contribution in [1.82, 2.24) is 5.32 Å². The maximum atomic E-state index is 13.0. The van der Waals surface area contributed by atoms with Gasteiger partial charge in [-0.3, -0.25) is 0 Å². The molecule has 0 heterocycles. The number of halogens is 4. The summed E-state index contributed by atoms with van der Waals surface area (Å²) in [5, 5.41) is 5.98. The smallest absolute Gasteiger partial charge is 0.399 e. The second-order valence-electron chi connectivity index (χ2n) is 5.05. The topological polar surface area (TPSA) is 50.1 Å². The van der Waals surface area contributed by atoms with E-state index in [-0.39, 0.29) is 23.6 Å². The number of hydrogen-bond donors (Lipinski definition) is 3. The van der Waals surface area contributed by atoms with Gasteiger partial charge >= 0.3 is 6.18 Å². The number of thiocarbonyl (C=S) groups is 1. The highest BCUT2D eigenvalue weighted by atomic mass is 32.1. The van der Waals surface area contributed by atoms with Gasteiger partial charge in [-0.15, -0.1) is 0 Å². The SMILES string of the molecule is Nc1ccc(NC(=S)NCCc2ccc(F)cc2C(F)(F)F)cc1. The fourth-order valence-corrected chi connectivity index (χ4v) is 2.30. The first kappa shape index (κ1) is 18.0. The van der Waals surface area contributed by atoms with Crippen molar-refractivity contribution in [3.8, 4) is 0 Å². The molecule has 0 unspecified atom stereocenters. The molecule has 24 heavy (non-hydrogen) atoms. The summed E-state index contributed by atoms with van der Waals surface area (Å²) in [6, 6.07) is 9.49. The number of rotatable bonds is 4. The molecule has 2 rings (SSSR count). The number of benzene rings is 2. The average molecular weight is 357 g/mol. The Morgan fingerprint density at radius 3 is 2.38 bits per heavy atom. The minimum absolute atomic E-state index is 0.00619. The van der Waals surface area contributed by atoms with Crippen molar-refractivity contribution in [3.63, 3.8) is 0 Å². The fraction of sp³-hybridized carbons (Fsp3) is 0.188. The zero-order valence-electron chi connectivity index (χ0n) is 12.5. The van der Waals surface area contributed by atoms with Crippen molar-refractivity contribution < 1.29 is 17.6 Å². The average Bonchev–Trinajstić information content (AvgIpc) is 2.50. The zero-order chi connectivity index (χ0) is 17.7. The quantitative estimate of drug-likeness (QED) is 0.441. The molecule has 0 spiro atoms. The predicted octanol–water partition coefficient (Wildman–Crippen LogP) is 3.96. The van der Waals surface area contributed by atoms with Gasteiger partial charge < -0.3 is 16.4 Å². The number of nitrogens with two attached hydrogens (primary N) is 1. The van der Waals surface area contributed by atoms with Crippen LogP contribution in [0.25, 0.3) is 0 Å². The van der Waals surface area contributed by atoms with Gasteiger partial charge in [0.2, 0.25) is 0 Å². The van der Waals surface area contributed by atoms with Crippen LogP contribution >= 0.6 is 12.2 Å². The van der Waals surface area contributed by atoms with Crippen molar-refractivity contribution >= 4 is 28.7 Å². The number of hydrogen-bond acceptors (Lipinski definition) is 2. The molecule has 8 heteroatoms. The number of alkyl halides is 3. The molecule has 0 amide bonds. The minimum Gasteiger partial charge on any atom is -0.399 e. The van der Waals surface area contributed by atoms with E-state index in [0.717, 1.165) is 12.1 Å². The lowest BCUT2D eigenvalue weighted by Gasteiger charge is -2.14. The summed E-state index contributed by atoms with van der Waals surface area (Å²) in [5.41, 5.74) is 5.92. The Morgan fingerprint density at radius 1 is 1.08 bits per heavy atom. The largest absolute Gasteiger partial charge is 0.416 e. The molecule has 0 atom stereocenters. The molecular weight excluding hydrogens is 342 g/mol. The van der Waals surface area contributed by atoms with E-state index in [2.05, 4.69) is 10.6 Å². The predicted molar refractivity (Wildman–Crippen MR) is 90.2 cm³/mol. The Labute approximate surface area is 141 Å².